The van der Waals surface area contributed by atoms with Gasteiger partial charge in [0.25, 0.3) is 5.91 Å². The van der Waals surface area contributed by atoms with E-state index < -0.39 is 0 Å². The van der Waals surface area contributed by atoms with E-state index >= 15 is 0 Å². The number of nitrogens with zero attached hydrogens (tertiary/aromatic N) is 2. The summed E-state index contributed by atoms with van der Waals surface area (Å²) in [4.78, 5) is 11.9. The zero-order valence-electron chi connectivity index (χ0n) is 11.5. The average Bonchev–Trinajstić information content (AvgIpc) is 2.83. The van der Waals surface area contributed by atoms with Gasteiger partial charge in [-0.25, -0.2) is 0 Å². The summed E-state index contributed by atoms with van der Waals surface area (Å²) >= 11 is 1.30. The van der Waals surface area contributed by atoms with Gasteiger partial charge in [0.05, 0.1) is 0 Å². The first-order valence-corrected chi connectivity index (χ1v) is 7.28. The SMILES string of the molecule is CCCNc1nnc(C(=O)NC(C)C(C)CC)s1. The van der Waals surface area contributed by atoms with Gasteiger partial charge in [-0.2, -0.15) is 0 Å². The monoisotopic (exact) mass is 270 g/mol. The molecule has 0 aromatic carbocycles. The summed E-state index contributed by atoms with van der Waals surface area (Å²) < 4.78 is 0. The average molecular weight is 270 g/mol. The molecule has 0 saturated carbocycles. The minimum absolute atomic E-state index is 0.134. The van der Waals surface area contributed by atoms with Gasteiger partial charge in [-0.3, -0.25) is 4.79 Å². The third kappa shape index (κ3) is 4.25. The van der Waals surface area contributed by atoms with Crippen molar-refractivity contribution in [3.8, 4) is 0 Å². The maximum atomic E-state index is 11.9. The number of rotatable bonds is 7. The second-order valence-electron chi connectivity index (χ2n) is 4.49. The lowest BCUT2D eigenvalue weighted by Gasteiger charge is -2.18. The molecule has 2 unspecified atom stereocenters. The molecule has 0 bridgehead atoms. The van der Waals surface area contributed by atoms with Crippen LogP contribution >= 0.6 is 11.3 Å². The second kappa shape index (κ2) is 7.31. The van der Waals surface area contributed by atoms with Crippen LogP contribution in [0.1, 0.15) is 50.3 Å². The van der Waals surface area contributed by atoms with E-state index in [4.69, 9.17) is 0 Å². The second-order valence-corrected chi connectivity index (χ2v) is 5.46. The van der Waals surface area contributed by atoms with Crippen LogP contribution in [-0.4, -0.2) is 28.7 Å². The van der Waals surface area contributed by atoms with E-state index in [-0.39, 0.29) is 11.9 Å². The summed E-state index contributed by atoms with van der Waals surface area (Å²) in [6.07, 6.45) is 2.06. The van der Waals surface area contributed by atoms with Crippen LogP contribution in [0.5, 0.6) is 0 Å². The first kappa shape index (κ1) is 14.9. The first-order chi connectivity index (χ1) is 8.58. The van der Waals surface area contributed by atoms with E-state index in [0.29, 0.717) is 16.1 Å². The Morgan fingerprint density at radius 3 is 2.67 bits per heavy atom. The number of carbonyl (C=O) groups is 1. The minimum Gasteiger partial charge on any atom is -0.360 e. The number of carbonyl (C=O) groups excluding carboxylic acids is 1. The van der Waals surface area contributed by atoms with Gasteiger partial charge < -0.3 is 10.6 Å². The molecule has 0 aliphatic rings. The van der Waals surface area contributed by atoms with Crippen molar-refractivity contribution in [3.63, 3.8) is 0 Å². The third-order valence-corrected chi connectivity index (χ3v) is 3.88. The molecule has 0 radical (unpaired) electrons. The molecule has 1 aromatic heterocycles. The van der Waals surface area contributed by atoms with Gasteiger partial charge in [-0.05, 0) is 19.3 Å². The molecule has 0 fully saturated rings. The van der Waals surface area contributed by atoms with E-state index in [2.05, 4.69) is 41.6 Å². The Balaban J connectivity index is 2.53. The molecule has 102 valence electrons. The van der Waals surface area contributed by atoms with Crippen LogP contribution in [0.4, 0.5) is 5.13 Å². The Morgan fingerprint density at radius 2 is 2.06 bits per heavy atom. The molecule has 2 N–H and O–H groups in total. The van der Waals surface area contributed by atoms with Gasteiger partial charge in [0.2, 0.25) is 10.1 Å². The van der Waals surface area contributed by atoms with Crippen molar-refractivity contribution in [2.75, 3.05) is 11.9 Å². The molecular weight excluding hydrogens is 248 g/mol. The normalized spacial score (nSPS) is 14.0. The number of hydrogen-bond acceptors (Lipinski definition) is 5. The summed E-state index contributed by atoms with van der Waals surface area (Å²) in [6.45, 7) is 9.18. The number of hydrogen-bond donors (Lipinski definition) is 2. The number of amides is 1. The zero-order chi connectivity index (χ0) is 13.5. The molecular formula is C12H22N4OS. The van der Waals surface area contributed by atoms with Crippen molar-refractivity contribution >= 4 is 22.4 Å². The van der Waals surface area contributed by atoms with Crippen LogP contribution in [0.15, 0.2) is 0 Å². The predicted molar refractivity (Wildman–Crippen MR) is 75.1 cm³/mol. The predicted octanol–water partition coefficient (Wildman–Crippen LogP) is 2.52. The molecule has 0 aliphatic heterocycles. The number of anilines is 1. The van der Waals surface area contributed by atoms with Crippen molar-refractivity contribution < 1.29 is 4.79 Å². The van der Waals surface area contributed by atoms with Gasteiger partial charge in [0.15, 0.2) is 0 Å². The molecule has 1 rings (SSSR count). The van der Waals surface area contributed by atoms with Gasteiger partial charge >= 0.3 is 0 Å². The molecule has 0 saturated heterocycles. The third-order valence-electron chi connectivity index (χ3n) is 3.00. The fraction of sp³-hybridized carbons (Fsp3) is 0.750. The molecule has 0 spiro atoms. The zero-order valence-corrected chi connectivity index (χ0v) is 12.3. The Morgan fingerprint density at radius 1 is 1.33 bits per heavy atom. The molecule has 2 atom stereocenters. The van der Waals surface area contributed by atoms with Gasteiger partial charge in [-0.15, -0.1) is 10.2 Å². The van der Waals surface area contributed by atoms with Gasteiger partial charge in [0.1, 0.15) is 0 Å². The Labute approximate surface area is 112 Å². The van der Waals surface area contributed by atoms with Crippen LogP contribution in [0.3, 0.4) is 0 Å². The van der Waals surface area contributed by atoms with Crippen LogP contribution < -0.4 is 10.6 Å². The molecule has 18 heavy (non-hydrogen) atoms. The number of aromatic nitrogens is 2. The van der Waals surface area contributed by atoms with E-state index in [1.807, 2.05) is 6.92 Å². The molecule has 5 nitrogen and oxygen atoms in total. The number of nitrogens with one attached hydrogen (secondary N) is 2. The summed E-state index contributed by atoms with van der Waals surface area (Å²) in [5, 5.41) is 15.1. The quantitative estimate of drug-likeness (QED) is 0.799. The molecule has 1 amide bonds. The highest BCUT2D eigenvalue weighted by atomic mass is 32.1. The summed E-state index contributed by atoms with van der Waals surface area (Å²) in [6, 6.07) is 0.151. The highest BCUT2D eigenvalue weighted by Gasteiger charge is 2.17. The lowest BCUT2D eigenvalue weighted by atomic mass is 10.0. The van der Waals surface area contributed by atoms with Crippen LogP contribution in [0.25, 0.3) is 0 Å². The van der Waals surface area contributed by atoms with Crippen LogP contribution in [0.2, 0.25) is 0 Å². The van der Waals surface area contributed by atoms with E-state index in [9.17, 15) is 4.79 Å². The van der Waals surface area contributed by atoms with Crippen molar-refractivity contribution in [1.82, 2.24) is 15.5 Å². The highest BCUT2D eigenvalue weighted by Crippen LogP contribution is 2.15. The van der Waals surface area contributed by atoms with Gasteiger partial charge in [0, 0.05) is 12.6 Å². The van der Waals surface area contributed by atoms with Crippen LogP contribution in [-0.2, 0) is 0 Å². The Hall–Kier alpha value is -1.17. The lowest BCUT2D eigenvalue weighted by molar-refractivity contribution is 0.0927. The van der Waals surface area contributed by atoms with E-state index in [1.54, 1.807) is 0 Å². The highest BCUT2D eigenvalue weighted by molar-refractivity contribution is 7.17. The maximum Gasteiger partial charge on any atom is 0.282 e. The van der Waals surface area contributed by atoms with Crippen molar-refractivity contribution in [2.45, 2.75) is 46.6 Å². The maximum absolute atomic E-state index is 11.9. The topological polar surface area (TPSA) is 66.9 Å². The lowest BCUT2D eigenvalue weighted by Crippen LogP contribution is -2.36. The first-order valence-electron chi connectivity index (χ1n) is 6.46. The fourth-order valence-corrected chi connectivity index (χ4v) is 2.05. The van der Waals surface area contributed by atoms with Crippen molar-refractivity contribution in [1.29, 1.82) is 0 Å². The summed E-state index contributed by atoms with van der Waals surface area (Å²) in [7, 11) is 0. The summed E-state index contributed by atoms with van der Waals surface area (Å²) in [5.74, 6) is 0.324. The van der Waals surface area contributed by atoms with Crippen LogP contribution in [0, 0.1) is 5.92 Å². The molecule has 6 heteroatoms. The standard InChI is InChI=1S/C12H22N4OS/c1-5-7-13-12-16-15-11(18-12)10(17)14-9(4)8(3)6-2/h8-9H,5-7H2,1-4H3,(H,13,16)(H,14,17). The van der Waals surface area contributed by atoms with E-state index in [1.165, 1.54) is 11.3 Å². The minimum atomic E-state index is -0.134. The van der Waals surface area contributed by atoms with Crippen molar-refractivity contribution in [2.24, 2.45) is 5.92 Å². The largest absolute Gasteiger partial charge is 0.360 e. The summed E-state index contributed by atoms with van der Waals surface area (Å²) in [5.41, 5.74) is 0. The molecule has 1 aromatic rings. The van der Waals surface area contributed by atoms with Gasteiger partial charge in [-0.1, -0.05) is 38.5 Å². The van der Waals surface area contributed by atoms with Crippen molar-refractivity contribution in [3.05, 3.63) is 5.01 Å². The van der Waals surface area contributed by atoms with E-state index in [0.717, 1.165) is 19.4 Å². The molecule has 0 aliphatic carbocycles. The Bertz CT molecular complexity index is 380. The molecule has 1 heterocycles. The fourth-order valence-electron chi connectivity index (χ4n) is 1.38. The smallest absolute Gasteiger partial charge is 0.282 e. The Kier molecular flexibility index (Phi) is 6.04.